The summed E-state index contributed by atoms with van der Waals surface area (Å²) < 4.78 is 38.5. The highest BCUT2D eigenvalue weighted by atomic mass is 32.2. The fourth-order valence-electron chi connectivity index (χ4n) is 2.12. The molecule has 1 aromatic heterocycles. The van der Waals surface area contributed by atoms with Gasteiger partial charge in [0.2, 0.25) is 15.3 Å². The zero-order chi connectivity index (χ0) is 15.0. The smallest absolute Gasteiger partial charge is 0.211 e. The van der Waals surface area contributed by atoms with Crippen LogP contribution in [0.4, 0.5) is 4.39 Å². The number of rotatable bonds is 2. The Morgan fingerprint density at radius 2 is 1.67 bits per heavy atom. The minimum absolute atomic E-state index is 0.00508. The predicted octanol–water partition coefficient (Wildman–Crippen LogP) is 2.50. The summed E-state index contributed by atoms with van der Waals surface area (Å²) in [5.74, 6) is -0.603. The molecule has 3 aromatic rings. The first kappa shape index (κ1) is 13.5. The van der Waals surface area contributed by atoms with Gasteiger partial charge in [-0.1, -0.05) is 24.3 Å². The lowest BCUT2D eigenvalue weighted by atomic mass is 10.2. The lowest BCUT2D eigenvalue weighted by Gasteiger charge is -2.05. The first-order valence-electron chi connectivity index (χ1n) is 6.12. The van der Waals surface area contributed by atoms with Crippen LogP contribution >= 0.6 is 0 Å². The number of aromatic nitrogens is 1. The molecule has 0 radical (unpaired) electrons. The Hall–Kier alpha value is -2.47. The normalized spacial score (nSPS) is 11.7. The fraction of sp³-hybridized carbons (Fsp3) is 0. The quantitative estimate of drug-likeness (QED) is 0.791. The first-order valence-corrected chi connectivity index (χ1v) is 7.60. The Balaban J connectivity index is 2.33. The number of hydrogen-bond donors (Lipinski definition) is 1. The minimum Gasteiger partial charge on any atom is -0.357 e. The van der Waals surface area contributed by atoms with E-state index in [1.807, 2.05) is 0 Å². The van der Waals surface area contributed by atoms with Crippen molar-refractivity contribution in [3.8, 4) is 0 Å². The molecule has 1 N–H and O–H groups in total. The number of benzene rings is 2. The SMILES string of the molecule is O=c1c(S(=O)(=O)c2ccccc2)c[nH]c2c(F)cccc12. The van der Waals surface area contributed by atoms with Crippen molar-refractivity contribution in [2.24, 2.45) is 0 Å². The van der Waals surface area contributed by atoms with Crippen LogP contribution in [-0.2, 0) is 9.84 Å². The third-order valence-corrected chi connectivity index (χ3v) is 4.95. The van der Waals surface area contributed by atoms with Crippen LogP contribution in [0, 0.1) is 5.82 Å². The van der Waals surface area contributed by atoms with Crippen molar-refractivity contribution in [2.45, 2.75) is 9.79 Å². The molecule has 0 amide bonds. The van der Waals surface area contributed by atoms with E-state index in [2.05, 4.69) is 4.98 Å². The summed E-state index contributed by atoms with van der Waals surface area (Å²) in [6.07, 6.45) is 1.04. The zero-order valence-electron chi connectivity index (χ0n) is 10.7. The van der Waals surface area contributed by atoms with Crippen LogP contribution in [-0.4, -0.2) is 13.4 Å². The standard InChI is InChI=1S/C15H10FNO3S/c16-12-8-4-7-11-14(12)17-9-13(15(11)18)21(19,20)10-5-2-1-3-6-10/h1-9H,(H,17,18). The molecule has 0 unspecified atom stereocenters. The molecule has 1 heterocycles. The van der Waals surface area contributed by atoms with Crippen molar-refractivity contribution in [3.05, 3.63) is 70.8 Å². The molecule has 3 rings (SSSR count). The highest BCUT2D eigenvalue weighted by Gasteiger charge is 2.22. The second-order valence-electron chi connectivity index (χ2n) is 4.46. The zero-order valence-corrected chi connectivity index (χ0v) is 11.5. The van der Waals surface area contributed by atoms with Crippen molar-refractivity contribution in [1.29, 1.82) is 0 Å². The van der Waals surface area contributed by atoms with Gasteiger partial charge in [0.15, 0.2) is 0 Å². The maximum Gasteiger partial charge on any atom is 0.211 e. The van der Waals surface area contributed by atoms with E-state index in [1.165, 1.54) is 30.3 Å². The van der Waals surface area contributed by atoms with Crippen LogP contribution in [0.1, 0.15) is 0 Å². The van der Waals surface area contributed by atoms with Crippen LogP contribution in [0.3, 0.4) is 0 Å². The number of pyridine rings is 1. The number of H-pyrrole nitrogens is 1. The highest BCUT2D eigenvalue weighted by molar-refractivity contribution is 7.91. The van der Waals surface area contributed by atoms with E-state index in [1.54, 1.807) is 18.2 Å². The third-order valence-electron chi connectivity index (χ3n) is 3.17. The predicted molar refractivity (Wildman–Crippen MR) is 76.4 cm³/mol. The Kier molecular flexibility index (Phi) is 3.10. The van der Waals surface area contributed by atoms with Gasteiger partial charge in [-0.3, -0.25) is 4.79 Å². The van der Waals surface area contributed by atoms with E-state index in [4.69, 9.17) is 0 Å². The number of fused-ring (bicyclic) bond motifs is 1. The maximum absolute atomic E-state index is 13.6. The van der Waals surface area contributed by atoms with Crippen LogP contribution in [0.25, 0.3) is 10.9 Å². The van der Waals surface area contributed by atoms with Crippen molar-refractivity contribution in [3.63, 3.8) is 0 Å². The largest absolute Gasteiger partial charge is 0.357 e. The molecule has 0 aliphatic carbocycles. The van der Waals surface area contributed by atoms with E-state index < -0.39 is 26.0 Å². The molecule has 2 aromatic carbocycles. The molecule has 21 heavy (non-hydrogen) atoms. The molecule has 6 heteroatoms. The lowest BCUT2D eigenvalue weighted by molar-refractivity contribution is 0.595. The summed E-state index contributed by atoms with van der Waals surface area (Å²) in [6.45, 7) is 0. The van der Waals surface area contributed by atoms with Gasteiger partial charge in [-0.05, 0) is 24.3 Å². The van der Waals surface area contributed by atoms with Crippen LogP contribution in [0.2, 0.25) is 0 Å². The number of aromatic amines is 1. The van der Waals surface area contributed by atoms with Gasteiger partial charge in [0.05, 0.1) is 10.4 Å². The molecule has 0 atom stereocenters. The number of para-hydroxylation sites is 1. The molecular weight excluding hydrogens is 293 g/mol. The van der Waals surface area contributed by atoms with Gasteiger partial charge in [-0.25, -0.2) is 12.8 Å². The Morgan fingerprint density at radius 1 is 0.952 bits per heavy atom. The molecule has 0 aliphatic heterocycles. The number of nitrogens with one attached hydrogen (secondary N) is 1. The van der Waals surface area contributed by atoms with Gasteiger partial charge in [-0.15, -0.1) is 0 Å². The number of hydrogen-bond acceptors (Lipinski definition) is 3. The Labute approximate surface area is 119 Å². The Morgan fingerprint density at radius 3 is 2.38 bits per heavy atom. The molecule has 0 saturated heterocycles. The van der Waals surface area contributed by atoms with E-state index in [9.17, 15) is 17.6 Å². The lowest BCUT2D eigenvalue weighted by Crippen LogP contribution is -2.16. The summed E-state index contributed by atoms with van der Waals surface area (Å²) in [7, 11) is -3.94. The summed E-state index contributed by atoms with van der Waals surface area (Å²) in [6, 6.07) is 11.6. The minimum atomic E-state index is -3.94. The van der Waals surface area contributed by atoms with Crippen LogP contribution < -0.4 is 5.43 Å². The average Bonchev–Trinajstić information content (AvgIpc) is 2.49. The molecule has 0 saturated carbocycles. The third kappa shape index (κ3) is 2.13. The van der Waals surface area contributed by atoms with Gasteiger partial charge in [0.25, 0.3) is 0 Å². The molecule has 0 fully saturated rings. The summed E-state index contributed by atoms with van der Waals surface area (Å²) in [5.41, 5.74) is -0.721. The molecular formula is C15H10FNO3S. The Bertz CT molecular complexity index is 979. The molecule has 0 spiro atoms. The van der Waals surface area contributed by atoms with Crippen molar-refractivity contribution < 1.29 is 12.8 Å². The maximum atomic E-state index is 13.6. The summed E-state index contributed by atoms with van der Waals surface area (Å²) in [4.78, 5) is 14.5. The monoisotopic (exact) mass is 303 g/mol. The van der Waals surface area contributed by atoms with Gasteiger partial charge in [-0.2, -0.15) is 0 Å². The molecule has 0 aliphatic rings. The van der Waals surface area contributed by atoms with Crippen LogP contribution in [0.15, 0.2) is 69.3 Å². The van der Waals surface area contributed by atoms with Gasteiger partial charge >= 0.3 is 0 Å². The summed E-state index contributed by atoms with van der Waals surface area (Å²) >= 11 is 0. The first-order chi connectivity index (χ1) is 10.0. The van der Waals surface area contributed by atoms with Crippen molar-refractivity contribution in [1.82, 2.24) is 4.98 Å². The van der Waals surface area contributed by atoms with E-state index in [0.29, 0.717) is 0 Å². The van der Waals surface area contributed by atoms with Crippen LogP contribution in [0.5, 0.6) is 0 Å². The van der Waals surface area contributed by atoms with Crippen molar-refractivity contribution in [2.75, 3.05) is 0 Å². The van der Waals surface area contributed by atoms with Gasteiger partial charge < -0.3 is 4.98 Å². The fourth-order valence-corrected chi connectivity index (χ4v) is 3.46. The molecule has 0 bridgehead atoms. The highest BCUT2D eigenvalue weighted by Crippen LogP contribution is 2.20. The molecule has 106 valence electrons. The number of sulfone groups is 1. The number of halogens is 1. The van der Waals surface area contributed by atoms with E-state index in [-0.39, 0.29) is 15.8 Å². The second-order valence-corrected chi connectivity index (χ2v) is 6.38. The molecule has 4 nitrogen and oxygen atoms in total. The van der Waals surface area contributed by atoms with Gasteiger partial charge in [0, 0.05) is 11.6 Å². The second kappa shape index (κ2) is 4.82. The topological polar surface area (TPSA) is 67.0 Å². The van der Waals surface area contributed by atoms with E-state index in [0.717, 1.165) is 6.20 Å². The summed E-state index contributed by atoms with van der Waals surface area (Å²) in [5, 5.41) is 0.00649. The van der Waals surface area contributed by atoms with E-state index >= 15 is 0 Å². The van der Waals surface area contributed by atoms with Crippen molar-refractivity contribution >= 4 is 20.7 Å². The average molecular weight is 303 g/mol. The van der Waals surface area contributed by atoms with Gasteiger partial charge in [0.1, 0.15) is 10.7 Å².